The first-order chi connectivity index (χ1) is 8.56. The molecule has 1 aromatic heterocycles. The molecule has 1 N–H and O–H groups in total. The van der Waals surface area contributed by atoms with E-state index < -0.39 is 5.97 Å². The molecule has 0 radical (unpaired) electrons. The summed E-state index contributed by atoms with van der Waals surface area (Å²) in [5.74, 6) is 0.590. The van der Waals surface area contributed by atoms with Gasteiger partial charge in [0.2, 0.25) is 0 Å². The zero-order valence-electron chi connectivity index (χ0n) is 10.9. The van der Waals surface area contributed by atoms with Gasteiger partial charge in [-0.2, -0.15) is 5.10 Å². The highest BCUT2D eigenvalue weighted by Gasteiger charge is 2.27. The molecule has 0 bridgehead atoms. The van der Waals surface area contributed by atoms with Gasteiger partial charge in [-0.05, 0) is 31.2 Å². The van der Waals surface area contributed by atoms with E-state index in [0.717, 1.165) is 23.7 Å². The van der Waals surface area contributed by atoms with E-state index in [0.29, 0.717) is 11.8 Å². The van der Waals surface area contributed by atoms with Crippen LogP contribution in [0.4, 0.5) is 0 Å². The van der Waals surface area contributed by atoms with Gasteiger partial charge in [0.15, 0.2) is 0 Å². The molecule has 1 aliphatic carbocycles. The molecule has 1 aliphatic rings. The third kappa shape index (κ3) is 3.77. The second kappa shape index (κ2) is 5.78. The smallest absolute Gasteiger partial charge is 0.313 e. The fraction of sp³-hybridized carbons (Fsp3) is 0.692. The molecule has 5 heteroatoms. The highest BCUT2D eigenvalue weighted by Crippen LogP contribution is 2.40. The van der Waals surface area contributed by atoms with Gasteiger partial charge in [-0.3, -0.25) is 9.48 Å². The number of nitrogens with zero attached hydrogens (tertiary/aromatic N) is 2. The lowest BCUT2D eigenvalue weighted by molar-refractivity contribution is -0.133. The third-order valence-electron chi connectivity index (χ3n) is 3.02. The summed E-state index contributed by atoms with van der Waals surface area (Å²) in [5.41, 5.74) is 1.15. The summed E-state index contributed by atoms with van der Waals surface area (Å²) in [6, 6.07) is 2.08. The van der Waals surface area contributed by atoms with Crippen molar-refractivity contribution in [1.82, 2.24) is 9.78 Å². The van der Waals surface area contributed by atoms with Gasteiger partial charge >= 0.3 is 5.97 Å². The predicted molar refractivity (Wildman–Crippen MR) is 72.0 cm³/mol. The number of hydrogen-bond acceptors (Lipinski definition) is 3. The molecule has 0 aliphatic heterocycles. The number of aliphatic carboxylic acids is 1. The molecule has 18 heavy (non-hydrogen) atoms. The number of carbonyl (C=O) groups is 1. The standard InChI is InChI=1S/C13H20N2O2S/c1-9(2)5-6-15-12(18-8-13(16)17)7-11(14-15)10-3-4-10/h7,9-10H,3-6,8H2,1-2H3,(H,16,17). The van der Waals surface area contributed by atoms with Crippen LogP contribution in [0, 0.1) is 5.92 Å². The Morgan fingerprint density at radius 2 is 2.33 bits per heavy atom. The molecular formula is C13H20N2O2S. The minimum atomic E-state index is -0.774. The zero-order valence-corrected chi connectivity index (χ0v) is 11.7. The van der Waals surface area contributed by atoms with Crippen molar-refractivity contribution < 1.29 is 9.90 Å². The Morgan fingerprint density at radius 1 is 1.61 bits per heavy atom. The Morgan fingerprint density at radius 3 is 2.89 bits per heavy atom. The van der Waals surface area contributed by atoms with Gasteiger partial charge in [-0.25, -0.2) is 0 Å². The monoisotopic (exact) mass is 268 g/mol. The van der Waals surface area contributed by atoms with Crippen LogP contribution in [0.5, 0.6) is 0 Å². The van der Waals surface area contributed by atoms with E-state index in [9.17, 15) is 4.79 Å². The summed E-state index contributed by atoms with van der Waals surface area (Å²) in [6.45, 7) is 5.26. The summed E-state index contributed by atoms with van der Waals surface area (Å²) in [4.78, 5) is 10.7. The predicted octanol–water partition coefficient (Wildman–Crippen LogP) is 2.98. The number of carboxylic acids is 1. The maximum Gasteiger partial charge on any atom is 0.313 e. The lowest BCUT2D eigenvalue weighted by Gasteiger charge is -2.08. The maximum atomic E-state index is 10.7. The lowest BCUT2D eigenvalue weighted by atomic mass is 10.1. The Labute approximate surface area is 112 Å². The highest BCUT2D eigenvalue weighted by atomic mass is 32.2. The molecule has 0 saturated heterocycles. The number of aryl methyl sites for hydroxylation is 1. The van der Waals surface area contributed by atoms with Gasteiger partial charge in [-0.1, -0.05) is 25.6 Å². The molecule has 2 rings (SSSR count). The molecule has 0 amide bonds. The molecule has 100 valence electrons. The van der Waals surface area contributed by atoms with Crippen LogP contribution in [-0.2, 0) is 11.3 Å². The minimum Gasteiger partial charge on any atom is -0.481 e. The molecule has 1 fully saturated rings. The first kappa shape index (κ1) is 13.5. The van der Waals surface area contributed by atoms with Gasteiger partial charge in [-0.15, -0.1) is 0 Å². The molecule has 1 aromatic rings. The van der Waals surface area contributed by atoms with Crippen LogP contribution in [0.1, 0.15) is 44.7 Å². The van der Waals surface area contributed by atoms with Crippen molar-refractivity contribution in [2.75, 3.05) is 5.75 Å². The molecule has 0 spiro atoms. The van der Waals surface area contributed by atoms with Crippen molar-refractivity contribution in [2.45, 2.75) is 50.6 Å². The molecule has 0 unspecified atom stereocenters. The normalized spacial score (nSPS) is 15.3. The van der Waals surface area contributed by atoms with E-state index >= 15 is 0 Å². The lowest BCUT2D eigenvalue weighted by Crippen LogP contribution is -2.06. The minimum absolute atomic E-state index is 0.109. The zero-order chi connectivity index (χ0) is 13.1. The number of thioether (sulfide) groups is 1. The van der Waals surface area contributed by atoms with Crippen molar-refractivity contribution in [3.63, 3.8) is 0 Å². The Balaban J connectivity index is 2.05. The molecule has 4 nitrogen and oxygen atoms in total. The second-order valence-corrected chi connectivity index (χ2v) is 6.27. The van der Waals surface area contributed by atoms with Crippen molar-refractivity contribution >= 4 is 17.7 Å². The largest absolute Gasteiger partial charge is 0.481 e. The fourth-order valence-electron chi connectivity index (χ4n) is 1.79. The van der Waals surface area contributed by atoms with E-state index in [1.165, 1.54) is 24.6 Å². The highest BCUT2D eigenvalue weighted by molar-refractivity contribution is 7.99. The summed E-state index contributed by atoms with van der Waals surface area (Å²) in [5, 5.41) is 14.4. The van der Waals surface area contributed by atoms with Gasteiger partial charge in [0.25, 0.3) is 0 Å². The van der Waals surface area contributed by atoms with Crippen LogP contribution in [0.15, 0.2) is 11.1 Å². The van der Waals surface area contributed by atoms with Gasteiger partial charge in [0.05, 0.1) is 16.5 Å². The van der Waals surface area contributed by atoms with E-state index in [1.54, 1.807) is 0 Å². The number of hydrogen-bond donors (Lipinski definition) is 1. The average Bonchev–Trinajstić information content (AvgIpc) is 3.05. The maximum absolute atomic E-state index is 10.7. The third-order valence-corrected chi connectivity index (χ3v) is 4.03. The Hall–Kier alpha value is -0.970. The molecule has 0 atom stereocenters. The molecule has 1 heterocycles. The fourth-order valence-corrected chi connectivity index (χ4v) is 2.55. The summed E-state index contributed by atoms with van der Waals surface area (Å²) < 4.78 is 1.99. The second-order valence-electron chi connectivity index (χ2n) is 5.27. The van der Waals surface area contributed by atoms with Crippen LogP contribution >= 0.6 is 11.8 Å². The van der Waals surface area contributed by atoms with Gasteiger partial charge in [0.1, 0.15) is 0 Å². The summed E-state index contributed by atoms with van der Waals surface area (Å²) >= 11 is 1.37. The van der Waals surface area contributed by atoms with Crippen molar-refractivity contribution in [3.05, 3.63) is 11.8 Å². The van der Waals surface area contributed by atoms with Crippen molar-refractivity contribution in [1.29, 1.82) is 0 Å². The van der Waals surface area contributed by atoms with E-state index in [4.69, 9.17) is 5.11 Å². The van der Waals surface area contributed by atoms with E-state index in [-0.39, 0.29) is 5.75 Å². The molecule has 1 saturated carbocycles. The summed E-state index contributed by atoms with van der Waals surface area (Å²) in [7, 11) is 0. The quantitative estimate of drug-likeness (QED) is 0.772. The number of carboxylic acid groups (broad SMARTS) is 1. The average molecular weight is 268 g/mol. The SMILES string of the molecule is CC(C)CCn1nc(C2CC2)cc1SCC(=O)O. The number of aromatic nitrogens is 2. The Kier molecular flexibility index (Phi) is 4.32. The van der Waals surface area contributed by atoms with Crippen molar-refractivity contribution in [3.8, 4) is 0 Å². The van der Waals surface area contributed by atoms with Crippen LogP contribution < -0.4 is 0 Å². The Bertz CT molecular complexity index is 425. The first-order valence-electron chi connectivity index (χ1n) is 6.48. The summed E-state index contributed by atoms with van der Waals surface area (Å²) in [6.07, 6.45) is 3.53. The van der Waals surface area contributed by atoms with Crippen LogP contribution in [0.2, 0.25) is 0 Å². The van der Waals surface area contributed by atoms with Crippen molar-refractivity contribution in [2.24, 2.45) is 5.92 Å². The van der Waals surface area contributed by atoms with E-state index in [2.05, 4.69) is 25.0 Å². The van der Waals surface area contributed by atoms with Gasteiger partial charge in [0, 0.05) is 12.5 Å². The first-order valence-corrected chi connectivity index (χ1v) is 7.47. The number of rotatable bonds is 7. The van der Waals surface area contributed by atoms with Crippen LogP contribution in [0.3, 0.4) is 0 Å². The van der Waals surface area contributed by atoms with Gasteiger partial charge < -0.3 is 5.11 Å². The van der Waals surface area contributed by atoms with Crippen LogP contribution in [-0.4, -0.2) is 26.6 Å². The van der Waals surface area contributed by atoms with Crippen LogP contribution in [0.25, 0.3) is 0 Å². The molecular weight excluding hydrogens is 248 g/mol. The van der Waals surface area contributed by atoms with E-state index in [1.807, 2.05) is 4.68 Å². The molecule has 0 aromatic carbocycles. The topological polar surface area (TPSA) is 55.1 Å².